The Morgan fingerprint density at radius 2 is 1.29 bits per heavy atom. The van der Waals surface area contributed by atoms with Gasteiger partial charge in [0.15, 0.2) is 0 Å². The van der Waals surface area contributed by atoms with Crippen LogP contribution in [-0.2, 0) is 0 Å². The summed E-state index contributed by atoms with van der Waals surface area (Å²) in [6.45, 7) is 2.00. The van der Waals surface area contributed by atoms with E-state index in [9.17, 15) is 0 Å². The molecule has 0 unspecified atom stereocenters. The van der Waals surface area contributed by atoms with Crippen LogP contribution in [0.3, 0.4) is 0 Å². The van der Waals surface area contributed by atoms with Crippen molar-refractivity contribution < 1.29 is 4.74 Å². The molecule has 5 rings (SSSR count). The van der Waals surface area contributed by atoms with Gasteiger partial charge >= 0.3 is 6.01 Å². The molecule has 2 atom stereocenters. The largest absolute Gasteiger partial charge is 0.467 e. The molecule has 1 saturated carbocycles. The van der Waals surface area contributed by atoms with Crippen molar-refractivity contribution in [2.24, 2.45) is 0 Å². The fraction of sp³-hybridized carbons (Fsp3) is 0.231. The topological polar surface area (TPSA) is 60.8 Å². The average Bonchev–Trinajstić information content (AvgIpc) is 2.80. The Balaban J connectivity index is 1.69. The zero-order valence-electron chi connectivity index (χ0n) is 17.6. The molecule has 0 aliphatic heterocycles. The second kappa shape index (κ2) is 8.26. The molecule has 0 radical (unpaired) electrons. The minimum atomic E-state index is 0.175. The summed E-state index contributed by atoms with van der Waals surface area (Å²) >= 11 is 0. The van der Waals surface area contributed by atoms with Crippen LogP contribution in [-0.4, -0.2) is 27.0 Å². The summed E-state index contributed by atoms with van der Waals surface area (Å²) in [4.78, 5) is 18.3. The van der Waals surface area contributed by atoms with E-state index in [1.54, 1.807) is 13.3 Å². The first-order chi connectivity index (χ1) is 15.3. The highest BCUT2D eigenvalue weighted by Gasteiger charge is 2.54. The minimum Gasteiger partial charge on any atom is -0.467 e. The van der Waals surface area contributed by atoms with Crippen LogP contribution in [0.15, 0.2) is 85.3 Å². The van der Waals surface area contributed by atoms with Gasteiger partial charge in [-0.2, -0.15) is 4.98 Å². The number of hydrogen-bond acceptors (Lipinski definition) is 5. The zero-order valence-corrected chi connectivity index (χ0v) is 17.6. The summed E-state index contributed by atoms with van der Waals surface area (Å²) in [5.74, 6) is 0.821. The third-order valence-electron chi connectivity index (χ3n) is 6.21. The molecule has 4 aromatic rings. The predicted octanol–water partition coefficient (Wildman–Crippen LogP) is 5.03. The maximum atomic E-state index is 5.34. The van der Waals surface area contributed by atoms with E-state index in [-0.39, 0.29) is 23.7 Å². The lowest BCUT2D eigenvalue weighted by Gasteiger charge is -2.52. The van der Waals surface area contributed by atoms with E-state index >= 15 is 0 Å². The molecule has 2 aromatic carbocycles. The van der Waals surface area contributed by atoms with E-state index in [0.717, 1.165) is 17.1 Å². The Bertz CT molecular complexity index is 1120. The monoisotopic (exact) mass is 408 g/mol. The Hall–Kier alpha value is -3.60. The number of aromatic nitrogens is 4. The number of methoxy groups -OCH3 is 1. The Morgan fingerprint density at radius 1 is 0.677 bits per heavy atom. The van der Waals surface area contributed by atoms with Crippen LogP contribution >= 0.6 is 0 Å². The summed E-state index contributed by atoms with van der Waals surface area (Å²) in [6, 6.07) is 23.7. The van der Waals surface area contributed by atoms with Crippen LogP contribution in [0.2, 0.25) is 0 Å². The van der Waals surface area contributed by atoms with Crippen molar-refractivity contribution in [3.63, 3.8) is 0 Å². The fourth-order valence-electron chi connectivity index (χ4n) is 4.95. The van der Waals surface area contributed by atoms with Gasteiger partial charge in [0.1, 0.15) is 0 Å². The van der Waals surface area contributed by atoms with Crippen molar-refractivity contribution in [2.75, 3.05) is 7.11 Å². The normalized spacial score (nSPS) is 22.5. The quantitative estimate of drug-likeness (QED) is 0.463. The van der Waals surface area contributed by atoms with Gasteiger partial charge in [-0.25, -0.2) is 4.98 Å². The smallest absolute Gasteiger partial charge is 0.316 e. The van der Waals surface area contributed by atoms with Crippen LogP contribution < -0.4 is 4.74 Å². The second-order valence-electron chi connectivity index (χ2n) is 7.98. The molecule has 2 aromatic heterocycles. The van der Waals surface area contributed by atoms with E-state index in [2.05, 4.69) is 70.6 Å². The SMILES string of the molecule is COc1nccc([C@H]2[C@H](c3ccccc3)[C@H](c3cncc(C)n3)[C@H]2c2ccccc2)n1. The van der Waals surface area contributed by atoms with Gasteiger partial charge in [-0.3, -0.25) is 9.97 Å². The molecule has 0 N–H and O–H groups in total. The lowest BCUT2D eigenvalue weighted by atomic mass is 9.50. The van der Waals surface area contributed by atoms with Gasteiger partial charge in [-0.15, -0.1) is 0 Å². The molecular formula is C26H24N4O. The lowest BCUT2D eigenvalue weighted by Crippen LogP contribution is -2.41. The van der Waals surface area contributed by atoms with Crippen LogP contribution in [0.25, 0.3) is 0 Å². The van der Waals surface area contributed by atoms with Gasteiger partial charge in [-0.1, -0.05) is 60.7 Å². The maximum absolute atomic E-state index is 5.34. The van der Waals surface area contributed by atoms with Crippen molar-refractivity contribution in [1.29, 1.82) is 0 Å². The minimum absolute atomic E-state index is 0.175. The predicted molar refractivity (Wildman–Crippen MR) is 119 cm³/mol. The van der Waals surface area contributed by atoms with Gasteiger partial charge in [0, 0.05) is 42.3 Å². The Labute approximate surface area is 182 Å². The van der Waals surface area contributed by atoms with E-state index in [4.69, 9.17) is 14.7 Å². The first kappa shape index (κ1) is 19.4. The third kappa shape index (κ3) is 3.56. The summed E-state index contributed by atoms with van der Waals surface area (Å²) in [5, 5.41) is 0. The van der Waals surface area contributed by atoms with Crippen molar-refractivity contribution in [3.8, 4) is 6.01 Å². The van der Waals surface area contributed by atoms with E-state index < -0.39 is 0 Å². The summed E-state index contributed by atoms with van der Waals surface area (Å²) in [5.41, 5.74) is 5.52. The highest BCUT2D eigenvalue weighted by atomic mass is 16.5. The molecule has 2 heterocycles. The van der Waals surface area contributed by atoms with Crippen LogP contribution in [0.1, 0.15) is 51.9 Å². The van der Waals surface area contributed by atoms with Gasteiger partial charge in [0.25, 0.3) is 0 Å². The highest BCUT2D eigenvalue weighted by Crippen LogP contribution is 2.65. The summed E-state index contributed by atoms with van der Waals surface area (Å²) in [6.07, 6.45) is 5.51. The zero-order chi connectivity index (χ0) is 21.2. The van der Waals surface area contributed by atoms with Crippen molar-refractivity contribution in [2.45, 2.75) is 30.6 Å². The number of hydrogen-bond donors (Lipinski definition) is 0. The number of nitrogens with zero attached hydrogens (tertiary/aromatic N) is 4. The molecule has 0 amide bonds. The molecule has 0 saturated heterocycles. The van der Waals surface area contributed by atoms with Crippen LogP contribution in [0.5, 0.6) is 6.01 Å². The standard InChI is InChI=1S/C26H24N4O/c1-17-15-27-16-21(29-17)25-22(18-9-5-3-6-10-18)24(20-13-14-28-26(30-20)31-2)23(25)19-11-7-4-8-12-19/h3-16,22-25H,1-2H3/t22-,23-,24-,25-/m0/s1. The molecular weight excluding hydrogens is 384 g/mol. The van der Waals surface area contributed by atoms with E-state index in [0.29, 0.717) is 6.01 Å². The molecule has 5 nitrogen and oxygen atoms in total. The summed E-state index contributed by atoms with van der Waals surface area (Å²) < 4.78 is 5.34. The summed E-state index contributed by atoms with van der Waals surface area (Å²) in [7, 11) is 1.61. The molecule has 5 heteroatoms. The van der Waals surface area contributed by atoms with Gasteiger partial charge in [0.05, 0.1) is 24.2 Å². The van der Waals surface area contributed by atoms with Gasteiger partial charge < -0.3 is 4.74 Å². The molecule has 1 fully saturated rings. The number of rotatable bonds is 5. The van der Waals surface area contributed by atoms with Crippen molar-refractivity contribution in [1.82, 2.24) is 19.9 Å². The molecule has 31 heavy (non-hydrogen) atoms. The van der Waals surface area contributed by atoms with Crippen molar-refractivity contribution >= 4 is 0 Å². The Morgan fingerprint density at radius 3 is 1.87 bits per heavy atom. The van der Waals surface area contributed by atoms with Crippen LogP contribution in [0, 0.1) is 6.92 Å². The highest BCUT2D eigenvalue weighted by molar-refractivity contribution is 5.45. The first-order valence-electron chi connectivity index (χ1n) is 10.5. The van der Waals surface area contributed by atoms with E-state index in [1.165, 1.54) is 11.1 Å². The third-order valence-corrected chi connectivity index (χ3v) is 6.21. The fourth-order valence-corrected chi connectivity index (χ4v) is 4.95. The van der Waals surface area contributed by atoms with Gasteiger partial charge in [-0.05, 0) is 24.1 Å². The Kier molecular flexibility index (Phi) is 5.16. The number of aryl methyl sites for hydroxylation is 1. The van der Waals surface area contributed by atoms with Crippen molar-refractivity contribution in [3.05, 3.63) is 114 Å². The first-order valence-corrected chi connectivity index (χ1v) is 10.5. The molecule has 0 bridgehead atoms. The lowest BCUT2D eigenvalue weighted by molar-refractivity contribution is 0.217. The molecule has 0 spiro atoms. The number of ether oxygens (including phenoxy) is 1. The molecule has 1 aliphatic rings. The second-order valence-corrected chi connectivity index (χ2v) is 7.98. The average molecular weight is 409 g/mol. The number of benzene rings is 2. The maximum Gasteiger partial charge on any atom is 0.316 e. The van der Waals surface area contributed by atoms with Crippen LogP contribution in [0.4, 0.5) is 0 Å². The van der Waals surface area contributed by atoms with E-state index in [1.807, 2.05) is 25.4 Å². The molecule has 154 valence electrons. The molecule has 1 aliphatic carbocycles. The van der Waals surface area contributed by atoms with Gasteiger partial charge in [0.2, 0.25) is 0 Å².